The topological polar surface area (TPSA) is 59.3 Å². The first-order chi connectivity index (χ1) is 14.1. The van der Waals surface area contributed by atoms with E-state index in [0.29, 0.717) is 28.8 Å². The quantitative estimate of drug-likeness (QED) is 0.374. The Labute approximate surface area is 174 Å². The van der Waals surface area contributed by atoms with Crippen molar-refractivity contribution in [2.45, 2.75) is 44.4 Å². The van der Waals surface area contributed by atoms with E-state index in [2.05, 4.69) is 21.0 Å². The highest BCUT2D eigenvalue weighted by Crippen LogP contribution is 2.45. The molecule has 7 heteroatoms. The minimum atomic E-state index is -0.422. The summed E-state index contributed by atoms with van der Waals surface area (Å²) in [4.78, 5) is 12.4. The lowest BCUT2D eigenvalue weighted by Crippen LogP contribution is -2.14. The average molecular weight is 413 g/mol. The van der Waals surface area contributed by atoms with Crippen LogP contribution in [0.5, 0.6) is 0 Å². The Balaban J connectivity index is 1.58. The molecule has 0 unspecified atom stereocenters. The molecule has 0 atom stereocenters. The SMILES string of the molecule is C\C=C/C(=C\C=N\Cl)C(=O)Nc1ccc(-n2nc(C3CC3)cc2C2CC2)c(F)c1. The summed E-state index contributed by atoms with van der Waals surface area (Å²) in [6, 6.07) is 6.82. The summed E-state index contributed by atoms with van der Waals surface area (Å²) in [7, 11) is 0. The number of amides is 1. The second-order valence-corrected chi connectivity index (χ2v) is 7.64. The van der Waals surface area contributed by atoms with Crippen molar-refractivity contribution in [2.24, 2.45) is 4.51 Å². The van der Waals surface area contributed by atoms with Gasteiger partial charge in [0.05, 0.1) is 5.69 Å². The van der Waals surface area contributed by atoms with Gasteiger partial charge in [-0.25, -0.2) is 9.07 Å². The van der Waals surface area contributed by atoms with Gasteiger partial charge < -0.3 is 5.32 Å². The van der Waals surface area contributed by atoms with E-state index in [1.165, 1.54) is 18.4 Å². The van der Waals surface area contributed by atoms with Crippen LogP contribution in [0.1, 0.15) is 55.8 Å². The molecule has 0 bridgehead atoms. The fourth-order valence-electron chi connectivity index (χ4n) is 3.31. The maximum Gasteiger partial charge on any atom is 0.255 e. The van der Waals surface area contributed by atoms with Gasteiger partial charge in [-0.05, 0) is 62.9 Å². The molecule has 2 saturated carbocycles. The molecule has 5 nitrogen and oxygen atoms in total. The summed E-state index contributed by atoms with van der Waals surface area (Å²) in [5.74, 6) is 0.184. The molecular formula is C22H22ClFN4O. The van der Waals surface area contributed by atoms with Gasteiger partial charge in [0, 0.05) is 46.8 Å². The molecule has 150 valence electrons. The molecule has 2 aliphatic rings. The van der Waals surface area contributed by atoms with Crippen molar-refractivity contribution in [2.75, 3.05) is 5.32 Å². The number of rotatable bonds is 7. The van der Waals surface area contributed by atoms with E-state index in [4.69, 9.17) is 11.8 Å². The number of halogens is 2. The van der Waals surface area contributed by atoms with Gasteiger partial charge in [0.2, 0.25) is 0 Å². The molecule has 1 amide bonds. The fourth-order valence-corrected chi connectivity index (χ4v) is 3.37. The van der Waals surface area contributed by atoms with Gasteiger partial charge in [-0.1, -0.05) is 12.2 Å². The Morgan fingerprint density at radius 1 is 1.28 bits per heavy atom. The highest BCUT2D eigenvalue weighted by atomic mass is 35.5. The zero-order valence-corrected chi connectivity index (χ0v) is 16.9. The molecule has 2 aromatic rings. The predicted octanol–water partition coefficient (Wildman–Crippen LogP) is 5.43. The van der Waals surface area contributed by atoms with Crippen molar-refractivity contribution in [1.82, 2.24) is 9.78 Å². The Hall–Kier alpha value is -2.73. The van der Waals surface area contributed by atoms with Crippen LogP contribution in [0, 0.1) is 5.82 Å². The minimum absolute atomic E-state index is 0.360. The van der Waals surface area contributed by atoms with Crippen molar-refractivity contribution in [3.8, 4) is 5.69 Å². The summed E-state index contributed by atoms with van der Waals surface area (Å²) < 4.78 is 20.0. The van der Waals surface area contributed by atoms with E-state index in [0.717, 1.165) is 37.1 Å². The highest BCUT2D eigenvalue weighted by molar-refractivity contribution is 6.19. The average Bonchev–Trinajstić information content (AvgIpc) is 3.63. The van der Waals surface area contributed by atoms with Gasteiger partial charge in [0.1, 0.15) is 5.69 Å². The monoisotopic (exact) mass is 412 g/mol. The van der Waals surface area contributed by atoms with Crippen molar-refractivity contribution < 1.29 is 9.18 Å². The molecule has 2 aliphatic carbocycles. The zero-order chi connectivity index (χ0) is 20.4. The first-order valence-corrected chi connectivity index (χ1v) is 10.1. The molecule has 0 aliphatic heterocycles. The maximum atomic E-state index is 14.9. The van der Waals surface area contributed by atoms with E-state index in [1.54, 1.807) is 35.9 Å². The van der Waals surface area contributed by atoms with E-state index in [9.17, 15) is 9.18 Å². The Bertz CT molecular complexity index is 1020. The second-order valence-electron chi connectivity index (χ2n) is 7.44. The number of hydrogen-bond donors (Lipinski definition) is 1. The number of carbonyl (C=O) groups excluding carboxylic acids is 1. The molecule has 2 fully saturated rings. The van der Waals surface area contributed by atoms with Crippen molar-refractivity contribution in [3.05, 3.63) is 65.3 Å². The normalized spacial score (nSPS) is 17.4. The molecule has 0 saturated heterocycles. The molecular weight excluding hydrogens is 391 g/mol. The lowest BCUT2D eigenvalue weighted by atomic mass is 10.2. The molecule has 29 heavy (non-hydrogen) atoms. The summed E-state index contributed by atoms with van der Waals surface area (Å²) >= 11 is 5.28. The first kappa shape index (κ1) is 19.6. The standard InChI is InChI=1S/C22H22ClFN4O/c1-2-3-16(10-11-25-23)22(29)26-17-8-9-20(18(24)12-17)28-21(15-6-7-15)13-19(27-28)14-4-5-14/h2-3,8-15H,4-7H2,1H3,(H,26,29)/b3-2-,16-10+,25-11+. The largest absolute Gasteiger partial charge is 0.322 e. The maximum absolute atomic E-state index is 14.9. The Kier molecular flexibility index (Phi) is 5.62. The third-order valence-corrected chi connectivity index (χ3v) is 5.21. The number of aromatic nitrogens is 2. The molecule has 1 N–H and O–H groups in total. The summed E-state index contributed by atoms with van der Waals surface area (Å²) in [6.45, 7) is 1.80. The number of anilines is 1. The highest BCUT2D eigenvalue weighted by Gasteiger charge is 2.33. The van der Waals surface area contributed by atoms with Gasteiger partial charge in [-0.15, -0.1) is 0 Å². The molecule has 4 rings (SSSR count). The molecule has 0 spiro atoms. The number of carbonyl (C=O) groups is 1. The van der Waals surface area contributed by atoms with E-state index >= 15 is 0 Å². The number of allylic oxidation sites excluding steroid dienone is 2. The molecule has 0 radical (unpaired) electrons. The third kappa shape index (κ3) is 4.48. The van der Waals surface area contributed by atoms with Gasteiger partial charge in [-0.2, -0.15) is 9.61 Å². The van der Waals surface area contributed by atoms with Crippen LogP contribution in [-0.4, -0.2) is 21.9 Å². The van der Waals surface area contributed by atoms with Gasteiger partial charge >= 0.3 is 0 Å². The van der Waals surface area contributed by atoms with E-state index < -0.39 is 5.82 Å². The van der Waals surface area contributed by atoms with Crippen LogP contribution >= 0.6 is 11.8 Å². The molecule has 1 aromatic heterocycles. The molecule has 1 aromatic carbocycles. The van der Waals surface area contributed by atoms with Crippen molar-refractivity contribution in [3.63, 3.8) is 0 Å². The lowest BCUT2D eigenvalue weighted by molar-refractivity contribution is -0.112. The summed E-state index contributed by atoms with van der Waals surface area (Å²) in [6.07, 6.45) is 10.7. The van der Waals surface area contributed by atoms with Crippen molar-refractivity contribution >= 4 is 29.6 Å². The van der Waals surface area contributed by atoms with Crippen LogP contribution in [0.15, 0.2) is 52.6 Å². The Morgan fingerprint density at radius 2 is 2.03 bits per heavy atom. The predicted molar refractivity (Wildman–Crippen MR) is 113 cm³/mol. The zero-order valence-electron chi connectivity index (χ0n) is 16.1. The number of nitrogens with one attached hydrogen (secondary N) is 1. The third-order valence-electron chi connectivity index (χ3n) is 5.10. The number of benzene rings is 1. The van der Waals surface area contributed by atoms with Crippen molar-refractivity contribution in [1.29, 1.82) is 0 Å². The lowest BCUT2D eigenvalue weighted by Gasteiger charge is -2.11. The number of hydrogen-bond acceptors (Lipinski definition) is 3. The van der Waals surface area contributed by atoms with Gasteiger partial charge in [0.25, 0.3) is 5.91 Å². The summed E-state index contributed by atoms with van der Waals surface area (Å²) in [5.41, 5.74) is 3.29. The number of nitrogens with zero attached hydrogens (tertiary/aromatic N) is 3. The molecule has 1 heterocycles. The van der Waals surface area contributed by atoms with E-state index in [-0.39, 0.29) is 5.91 Å². The van der Waals surface area contributed by atoms with Gasteiger partial charge in [0.15, 0.2) is 5.82 Å². The minimum Gasteiger partial charge on any atom is -0.322 e. The second kappa shape index (κ2) is 8.33. The van der Waals surface area contributed by atoms with Crippen LogP contribution < -0.4 is 5.32 Å². The van der Waals surface area contributed by atoms with Crippen LogP contribution in [-0.2, 0) is 4.79 Å². The van der Waals surface area contributed by atoms with Crippen LogP contribution in [0.2, 0.25) is 0 Å². The van der Waals surface area contributed by atoms with Crippen LogP contribution in [0.4, 0.5) is 10.1 Å². The van der Waals surface area contributed by atoms with Crippen LogP contribution in [0.25, 0.3) is 5.69 Å². The Morgan fingerprint density at radius 3 is 2.66 bits per heavy atom. The first-order valence-electron chi connectivity index (χ1n) is 9.79. The van der Waals surface area contributed by atoms with Gasteiger partial charge in [-0.3, -0.25) is 4.79 Å². The smallest absolute Gasteiger partial charge is 0.255 e. The van der Waals surface area contributed by atoms with E-state index in [1.807, 2.05) is 0 Å². The summed E-state index contributed by atoms with van der Waals surface area (Å²) in [5, 5.41) is 7.39. The fraction of sp³-hybridized carbons (Fsp3) is 0.318. The van der Waals surface area contributed by atoms with Crippen LogP contribution in [0.3, 0.4) is 0 Å².